The highest BCUT2D eigenvalue weighted by atomic mass is 35.5. The zero-order chi connectivity index (χ0) is 21.2. The lowest BCUT2D eigenvalue weighted by molar-refractivity contribution is -0.145. The number of nitrogens with zero attached hydrogens (tertiary/aromatic N) is 3. The van der Waals surface area contributed by atoms with Gasteiger partial charge in [-0.15, -0.1) is 11.3 Å². The topological polar surface area (TPSA) is 75.9 Å². The van der Waals surface area contributed by atoms with Crippen LogP contribution >= 0.6 is 34.3 Å². The molecule has 0 amide bonds. The molecule has 0 aliphatic carbocycles. The molecule has 3 aromatic rings. The third-order valence-electron chi connectivity index (χ3n) is 3.90. The number of rotatable bonds is 4. The van der Waals surface area contributed by atoms with E-state index in [0.717, 1.165) is 21.9 Å². The van der Waals surface area contributed by atoms with E-state index < -0.39 is 11.4 Å². The van der Waals surface area contributed by atoms with E-state index in [-0.39, 0.29) is 11.3 Å². The summed E-state index contributed by atoms with van der Waals surface area (Å²) in [6.07, 6.45) is 0. The summed E-state index contributed by atoms with van der Waals surface area (Å²) in [7, 11) is 0. The molecule has 5 nitrogen and oxygen atoms in total. The molecule has 0 aliphatic rings. The number of ether oxygens (including phenoxy) is 1. The van der Waals surface area contributed by atoms with Crippen molar-refractivity contribution in [3.8, 4) is 16.6 Å². The first kappa shape index (κ1) is 21.2. The third-order valence-corrected chi connectivity index (χ3v) is 6.06. The molecule has 0 saturated heterocycles. The Morgan fingerprint density at radius 3 is 2.45 bits per heavy atom. The van der Waals surface area contributed by atoms with E-state index in [1.165, 1.54) is 11.3 Å². The van der Waals surface area contributed by atoms with Crippen molar-refractivity contribution in [1.82, 2.24) is 9.97 Å². The number of carbonyl (C=O) groups excluding carboxylic acids is 1. The predicted octanol–water partition coefficient (Wildman–Crippen LogP) is 6.21. The van der Waals surface area contributed by atoms with Crippen LogP contribution in [-0.2, 0) is 9.53 Å². The Balaban J connectivity index is 2.15. The van der Waals surface area contributed by atoms with Gasteiger partial charge in [-0.25, -0.2) is 9.97 Å². The van der Waals surface area contributed by atoms with Crippen molar-refractivity contribution in [3.05, 3.63) is 56.4 Å². The van der Waals surface area contributed by atoms with E-state index in [9.17, 15) is 10.1 Å². The summed E-state index contributed by atoms with van der Waals surface area (Å²) in [5.74, 6) is -0.318. The third kappa shape index (κ3) is 4.73. The van der Waals surface area contributed by atoms with Gasteiger partial charge in [-0.3, -0.25) is 4.79 Å². The van der Waals surface area contributed by atoms with Gasteiger partial charge in [-0.1, -0.05) is 53.3 Å². The summed E-state index contributed by atoms with van der Waals surface area (Å²) in [5, 5.41) is 12.5. The van der Waals surface area contributed by atoms with E-state index in [1.807, 2.05) is 30.3 Å². The van der Waals surface area contributed by atoms with E-state index in [1.54, 1.807) is 33.1 Å². The predicted molar refractivity (Wildman–Crippen MR) is 117 cm³/mol. The summed E-state index contributed by atoms with van der Waals surface area (Å²) >= 11 is 8.64. The molecule has 2 aromatic heterocycles. The van der Waals surface area contributed by atoms with Gasteiger partial charge in [0.15, 0.2) is 10.2 Å². The zero-order valence-electron chi connectivity index (χ0n) is 16.3. The van der Waals surface area contributed by atoms with Crippen LogP contribution in [0.2, 0.25) is 4.47 Å². The van der Waals surface area contributed by atoms with Crippen molar-refractivity contribution in [2.24, 2.45) is 5.41 Å². The molecule has 3 rings (SSSR count). The van der Waals surface area contributed by atoms with Crippen molar-refractivity contribution >= 4 is 51.6 Å². The van der Waals surface area contributed by atoms with Gasteiger partial charge in [0.2, 0.25) is 0 Å². The van der Waals surface area contributed by atoms with E-state index in [0.29, 0.717) is 20.7 Å². The largest absolute Gasteiger partial charge is 0.423 e. The van der Waals surface area contributed by atoms with Gasteiger partial charge in [0.05, 0.1) is 21.7 Å². The first-order valence-corrected chi connectivity index (χ1v) is 10.8. The maximum atomic E-state index is 12.6. The van der Waals surface area contributed by atoms with Crippen LogP contribution in [0.25, 0.3) is 21.9 Å². The Kier molecular flexibility index (Phi) is 6.18. The normalized spacial score (nSPS) is 12.3. The molecule has 8 heteroatoms. The average molecular weight is 444 g/mol. The van der Waals surface area contributed by atoms with E-state index >= 15 is 0 Å². The number of esters is 1. The monoisotopic (exact) mass is 443 g/mol. The molecule has 0 N–H and O–H groups in total. The summed E-state index contributed by atoms with van der Waals surface area (Å²) in [6, 6.07) is 11.8. The van der Waals surface area contributed by atoms with E-state index in [2.05, 4.69) is 16.0 Å². The summed E-state index contributed by atoms with van der Waals surface area (Å²) in [4.78, 5) is 22.0. The number of hydrogen-bond acceptors (Lipinski definition) is 7. The highest BCUT2D eigenvalue weighted by Crippen LogP contribution is 2.37. The van der Waals surface area contributed by atoms with Crippen molar-refractivity contribution in [3.63, 3.8) is 0 Å². The Bertz CT molecular complexity index is 1120. The Hall–Kier alpha value is -2.53. The van der Waals surface area contributed by atoms with Crippen LogP contribution in [0.4, 0.5) is 0 Å². The van der Waals surface area contributed by atoms with Crippen LogP contribution in [-0.4, -0.2) is 15.9 Å². The van der Waals surface area contributed by atoms with Gasteiger partial charge in [-0.2, -0.15) is 5.26 Å². The van der Waals surface area contributed by atoms with Gasteiger partial charge < -0.3 is 4.74 Å². The molecule has 2 heterocycles. The van der Waals surface area contributed by atoms with Crippen molar-refractivity contribution in [1.29, 1.82) is 5.26 Å². The molecule has 0 aliphatic heterocycles. The lowest BCUT2D eigenvalue weighted by atomic mass is 9.97. The van der Waals surface area contributed by atoms with Crippen molar-refractivity contribution in [2.45, 2.75) is 27.7 Å². The molecule has 0 radical (unpaired) electrons. The standard InChI is InChI=1S/C21H18ClN3O2S2/c1-12-17(29-20(22)24-12)16(27-19(26)21(2,3)4)14(10-23)15-11-28-18(25-15)13-8-6-5-7-9-13/h5-9,11H,1-4H3/b16-14+. The van der Waals surface area contributed by atoms with E-state index in [4.69, 9.17) is 16.3 Å². The van der Waals surface area contributed by atoms with Crippen LogP contribution in [0, 0.1) is 23.7 Å². The second kappa shape index (κ2) is 8.46. The minimum absolute atomic E-state index is 0.138. The number of nitriles is 1. The molecule has 0 atom stereocenters. The smallest absolute Gasteiger partial charge is 0.316 e. The Morgan fingerprint density at radius 2 is 1.90 bits per heavy atom. The molecule has 0 saturated carbocycles. The fourth-order valence-electron chi connectivity index (χ4n) is 2.36. The zero-order valence-corrected chi connectivity index (χ0v) is 18.7. The maximum absolute atomic E-state index is 12.6. The molecular formula is C21H18ClN3O2S2. The van der Waals surface area contributed by atoms with Crippen LogP contribution in [0.15, 0.2) is 35.7 Å². The molecular weight excluding hydrogens is 426 g/mol. The molecule has 0 unspecified atom stereocenters. The first-order chi connectivity index (χ1) is 13.7. The average Bonchev–Trinajstić information content (AvgIpc) is 3.28. The number of benzene rings is 1. The Morgan fingerprint density at radius 1 is 1.21 bits per heavy atom. The maximum Gasteiger partial charge on any atom is 0.316 e. The molecule has 148 valence electrons. The minimum atomic E-state index is -0.745. The SMILES string of the molecule is Cc1nc(Cl)sc1/C(OC(=O)C(C)(C)C)=C(/C#N)c1csc(-c2ccccc2)n1. The lowest BCUT2D eigenvalue weighted by Crippen LogP contribution is -2.22. The van der Waals surface area contributed by atoms with Crippen LogP contribution in [0.5, 0.6) is 0 Å². The van der Waals surface area contributed by atoms with Crippen LogP contribution < -0.4 is 0 Å². The quantitative estimate of drug-likeness (QED) is 0.272. The van der Waals surface area contributed by atoms with Gasteiger partial charge in [0.1, 0.15) is 16.6 Å². The van der Waals surface area contributed by atoms with Crippen LogP contribution in [0.3, 0.4) is 0 Å². The van der Waals surface area contributed by atoms with Crippen molar-refractivity contribution in [2.75, 3.05) is 0 Å². The number of thiazole rings is 2. The van der Waals surface area contributed by atoms with Crippen LogP contribution in [0.1, 0.15) is 37.0 Å². The van der Waals surface area contributed by atoms with Gasteiger partial charge in [0.25, 0.3) is 0 Å². The summed E-state index contributed by atoms with van der Waals surface area (Å²) < 4.78 is 6.02. The number of halogens is 1. The van der Waals surface area contributed by atoms with Gasteiger partial charge in [0, 0.05) is 10.9 Å². The first-order valence-electron chi connectivity index (χ1n) is 8.72. The number of carbonyl (C=O) groups is 1. The number of aryl methyl sites for hydroxylation is 1. The van der Waals surface area contributed by atoms with Gasteiger partial charge >= 0.3 is 5.97 Å². The Labute approximate surface area is 182 Å². The molecule has 0 fully saturated rings. The minimum Gasteiger partial charge on any atom is -0.423 e. The van der Waals surface area contributed by atoms with Crippen molar-refractivity contribution < 1.29 is 9.53 Å². The molecule has 0 bridgehead atoms. The highest BCUT2D eigenvalue weighted by Gasteiger charge is 2.29. The van der Waals surface area contributed by atoms with Gasteiger partial charge in [-0.05, 0) is 27.7 Å². The summed E-state index contributed by atoms with van der Waals surface area (Å²) in [5.41, 5.74) is 1.40. The number of hydrogen-bond donors (Lipinski definition) is 0. The highest BCUT2D eigenvalue weighted by molar-refractivity contribution is 7.17. The molecule has 0 spiro atoms. The molecule has 1 aromatic carbocycles. The summed E-state index contributed by atoms with van der Waals surface area (Å²) in [6.45, 7) is 7.01. The fourth-order valence-corrected chi connectivity index (χ4v) is 4.31. The number of aromatic nitrogens is 2. The molecule has 29 heavy (non-hydrogen) atoms. The number of allylic oxidation sites excluding steroid dienone is 1. The second-order valence-electron chi connectivity index (χ2n) is 7.24. The second-order valence-corrected chi connectivity index (χ2v) is 9.68. The lowest BCUT2D eigenvalue weighted by Gasteiger charge is -2.18. The fraction of sp³-hybridized carbons (Fsp3) is 0.238.